The molecule has 0 bridgehead atoms. The summed E-state index contributed by atoms with van der Waals surface area (Å²) >= 11 is 10.6. The maximum Gasteiger partial charge on any atom is 0.304 e. The number of aromatic nitrogens is 2. The molecule has 2 rings (SSSR count). The van der Waals surface area contributed by atoms with E-state index >= 15 is 0 Å². The number of nitrogens with one attached hydrogen (secondary N) is 2. The number of carbonyl (C=O) groups is 1. The summed E-state index contributed by atoms with van der Waals surface area (Å²) in [7, 11) is 0. The molecule has 0 fully saturated rings. The molecule has 1 atom stereocenters. The largest absolute Gasteiger partial charge is 0.494 e. The minimum Gasteiger partial charge on any atom is -0.494 e. The lowest BCUT2D eigenvalue weighted by atomic mass is 9.96. The molecule has 0 unspecified atom stereocenters. The summed E-state index contributed by atoms with van der Waals surface area (Å²) in [5.41, 5.74) is 0.111. The highest BCUT2D eigenvalue weighted by Crippen LogP contribution is 2.22. The number of aliphatic carboxylic acids is 1. The SMILES string of the molecule is O=C(O)C[C@H](CN=Cc1c(O)[nH]c(=S)[nH]c1=O)c1ccc(Cl)cc1. The van der Waals surface area contributed by atoms with E-state index in [0.717, 1.165) is 5.56 Å². The first-order chi connectivity index (χ1) is 11.4. The average Bonchev–Trinajstić information content (AvgIpc) is 2.49. The van der Waals surface area contributed by atoms with Crippen LogP contribution in [0.15, 0.2) is 34.1 Å². The second kappa shape index (κ2) is 7.89. The monoisotopic (exact) mass is 367 g/mol. The Morgan fingerprint density at radius 3 is 2.58 bits per heavy atom. The number of halogens is 1. The number of carboxylic acids is 1. The van der Waals surface area contributed by atoms with Crippen molar-refractivity contribution < 1.29 is 15.0 Å². The van der Waals surface area contributed by atoms with E-state index in [-0.39, 0.29) is 29.2 Å². The summed E-state index contributed by atoms with van der Waals surface area (Å²) in [6, 6.07) is 6.80. The van der Waals surface area contributed by atoms with Crippen molar-refractivity contribution in [3.05, 3.63) is 55.5 Å². The Labute approximate surface area is 146 Å². The number of rotatable bonds is 6. The number of hydrogen-bond donors (Lipinski definition) is 4. The van der Waals surface area contributed by atoms with E-state index in [1.54, 1.807) is 24.3 Å². The van der Waals surface area contributed by atoms with Crippen molar-refractivity contribution in [2.75, 3.05) is 6.54 Å². The van der Waals surface area contributed by atoms with Crippen molar-refractivity contribution in [1.82, 2.24) is 9.97 Å². The molecule has 0 saturated heterocycles. The summed E-state index contributed by atoms with van der Waals surface area (Å²) in [6.07, 6.45) is 1.06. The van der Waals surface area contributed by atoms with E-state index in [1.807, 2.05) is 0 Å². The second-order valence-electron chi connectivity index (χ2n) is 5.01. The zero-order valence-electron chi connectivity index (χ0n) is 12.3. The van der Waals surface area contributed by atoms with Crippen LogP contribution in [0.25, 0.3) is 0 Å². The second-order valence-corrected chi connectivity index (χ2v) is 5.86. The van der Waals surface area contributed by atoms with Crippen LogP contribution in [0.5, 0.6) is 5.88 Å². The number of nitrogens with zero attached hydrogens (tertiary/aromatic N) is 1. The van der Waals surface area contributed by atoms with E-state index < -0.39 is 17.4 Å². The number of aromatic amines is 2. The van der Waals surface area contributed by atoms with Gasteiger partial charge >= 0.3 is 5.97 Å². The summed E-state index contributed by atoms with van der Waals surface area (Å²) in [5.74, 6) is -1.75. The zero-order valence-corrected chi connectivity index (χ0v) is 13.9. The van der Waals surface area contributed by atoms with Crippen LogP contribution >= 0.6 is 23.8 Å². The fourth-order valence-electron chi connectivity index (χ4n) is 2.11. The van der Waals surface area contributed by atoms with Crippen LogP contribution in [0.2, 0.25) is 5.02 Å². The number of benzene rings is 1. The van der Waals surface area contributed by atoms with Crippen LogP contribution in [-0.2, 0) is 4.79 Å². The van der Waals surface area contributed by atoms with Crippen molar-refractivity contribution in [2.24, 2.45) is 4.99 Å². The first-order valence-electron chi connectivity index (χ1n) is 6.89. The Bertz CT molecular complexity index is 874. The molecule has 0 radical (unpaired) electrons. The highest BCUT2D eigenvalue weighted by Gasteiger charge is 2.15. The molecule has 1 aromatic carbocycles. The van der Waals surface area contributed by atoms with Crippen LogP contribution in [0, 0.1) is 4.77 Å². The molecular weight excluding hydrogens is 354 g/mol. The zero-order chi connectivity index (χ0) is 17.7. The normalized spacial score (nSPS) is 12.4. The predicted octanol–water partition coefficient (Wildman–Crippen LogP) is 2.47. The third-order valence-corrected chi connectivity index (χ3v) is 3.72. The van der Waals surface area contributed by atoms with Crippen molar-refractivity contribution in [1.29, 1.82) is 0 Å². The summed E-state index contributed by atoms with van der Waals surface area (Å²) in [5, 5.41) is 19.3. The predicted molar refractivity (Wildman–Crippen MR) is 92.8 cm³/mol. The molecule has 7 nitrogen and oxygen atoms in total. The highest BCUT2D eigenvalue weighted by atomic mass is 35.5. The molecule has 0 saturated carbocycles. The molecule has 0 aliphatic heterocycles. The number of aliphatic imine (C=N–C) groups is 1. The van der Waals surface area contributed by atoms with Crippen molar-refractivity contribution >= 4 is 36.0 Å². The van der Waals surface area contributed by atoms with Crippen LogP contribution in [0.4, 0.5) is 0 Å². The lowest BCUT2D eigenvalue weighted by molar-refractivity contribution is -0.137. The van der Waals surface area contributed by atoms with Gasteiger partial charge in [0.05, 0.1) is 6.42 Å². The van der Waals surface area contributed by atoms with Gasteiger partial charge in [-0.1, -0.05) is 23.7 Å². The van der Waals surface area contributed by atoms with Gasteiger partial charge in [0.2, 0.25) is 5.88 Å². The van der Waals surface area contributed by atoms with Crippen LogP contribution < -0.4 is 5.56 Å². The van der Waals surface area contributed by atoms with Crippen molar-refractivity contribution in [3.63, 3.8) is 0 Å². The molecule has 0 spiro atoms. The van der Waals surface area contributed by atoms with Gasteiger partial charge in [0.1, 0.15) is 5.56 Å². The first-order valence-corrected chi connectivity index (χ1v) is 7.68. The number of hydrogen-bond acceptors (Lipinski definition) is 5. The molecule has 24 heavy (non-hydrogen) atoms. The van der Waals surface area contributed by atoms with Gasteiger partial charge in [-0.25, -0.2) is 0 Å². The fraction of sp³-hybridized carbons (Fsp3) is 0.200. The minimum absolute atomic E-state index is 0.000400. The maximum absolute atomic E-state index is 11.7. The lowest BCUT2D eigenvalue weighted by Gasteiger charge is -2.12. The average molecular weight is 368 g/mol. The summed E-state index contributed by atoms with van der Waals surface area (Å²) in [4.78, 5) is 31.6. The van der Waals surface area contributed by atoms with Gasteiger partial charge in [-0.3, -0.25) is 19.6 Å². The minimum atomic E-state index is -0.963. The summed E-state index contributed by atoms with van der Waals surface area (Å²) < 4.78 is -0.000400. The van der Waals surface area contributed by atoms with Crippen molar-refractivity contribution in [3.8, 4) is 5.88 Å². The molecule has 1 heterocycles. The summed E-state index contributed by atoms with van der Waals surface area (Å²) in [6.45, 7) is 0.127. The third-order valence-electron chi connectivity index (χ3n) is 3.27. The Morgan fingerprint density at radius 1 is 1.33 bits per heavy atom. The number of aromatic hydroxyl groups is 1. The number of H-pyrrole nitrogens is 2. The fourth-order valence-corrected chi connectivity index (χ4v) is 2.42. The third kappa shape index (κ3) is 4.77. The van der Waals surface area contributed by atoms with Gasteiger partial charge in [-0.2, -0.15) is 0 Å². The lowest BCUT2D eigenvalue weighted by Crippen LogP contribution is -2.14. The molecule has 0 aliphatic carbocycles. The molecule has 9 heteroatoms. The maximum atomic E-state index is 11.7. The van der Waals surface area contributed by atoms with Crippen LogP contribution in [0.1, 0.15) is 23.5 Å². The van der Waals surface area contributed by atoms with E-state index in [4.69, 9.17) is 28.9 Å². The molecule has 4 N–H and O–H groups in total. The molecule has 1 aromatic heterocycles. The molecular formula is C15H14ClN3O4S. The van der Waals surface area contributed by atoms with E-state index in [2.05, 4.69) is 15.0 Å². The van der Waals surface area contributed by atoms with Gasteiger partial charge < -0.3 is 15.2 Å². The van der Waals surface area contributed by atoms with Crippen LogP contribution in [0.3, 0.4) is 0 Å². The molecule has 2 aromatic rings. The quantitative estimate of drug-likeness (QED) is 0.462. The van der Waals surface area contributed by atoms with Gasteiger partial charge in [-0.15, -0.1) is 0 Å². The Balaban J connectivity index is 2.22. The molecule has 0 amide bonds. The Hall–Kier alpha value is -2.45. The van der Waals surface area contributed by atoms with Gasteiger partial charge in [0, 0.05) is 23.7 Å². The van der Waals surface area contributed by atoms with Crippen molar-refractivity contribution in [2.45, 2.75) is 12.3 Å². The van der Waals surface area contributed by atoms with Gasteiger partial charge in [0.25, 0.3) is 5.56 Å². The van der Waals surface area contributed by atoms with E-state index in [9.17, 15) is 14.7 Å². The van der Waals surface area contributed by atoms with Crippen LogP contribution in [-0.4, -0.2) is 38.9 Å². The molecule has 0 aliphatic rings. The topological polar surface area (TPSA) is 119 Å². The molecule has 126 valence electrons. The first kappa shape index (κ1) is 17.9. The van der Waals surface area contributed by atoms with Gasteiger partial charge in [0.15, 0.2) is 4.77 Å². The Morgan fingerprint density at radius 2 is 2.00 bits per heavy atom. The van der Waals surface area contributed by atoms with Gasteiger partial charge in [-0.05, 0) is 29.9 Å². The van der Waals surface area contributed by atoms with E-state index in [0.29, 0.717) is 5.02 Å². The number of carboxylic acid groups (broad SMARTS) is 1. The smallest absolute Gasteiger partial charge is 0.304 e. The Kier molecular flexibility index (Phi) is 5.88. The standard InChI is InChI=1S/C15H14ClN3O4S/c16-10-3-1-8(2-4-10)9(5-12(20)21)6-17-7-11-13(22)18-15(24)19-14(11)23/h1-4,7,9H,5-6H2,(H,20,21)(H3,18,19,22,23,24)/t9-/m1/s1. The highest BCUT2D eigenvalue weighted by molar-refractivity contribution is 7.71. The van der Waals surface area contributed by atoms with E-state index in [1.165, 1.54) is 6.21 Å².